The van der Waals surface area contributed by atoms with Gasteiger partial charge in [-0.05, 0) is 100 Å². The number of benzene rings is 3. The van der Waals surface area contributed by atoms with Crippen LogP contribution in [0.25, 0.3) is 0 Å². The quantitative estimate of drug-likeness (QED) is 0.0385. The molecular formula is C42H48F4N2O13S3-2. The second-order valence-corrected chi connectivity index (χ2v) is 20.4. The highest BCUT2D eigenvalue weighted by Gasteiger charge is 2.51. The van der Waals surface area contributed by atoms with E-state index < -0.39 is 97.8 Å². The van der Waals surface area contributed by atoms with Crippen LogP contribution in [0, 0.1) is 23.3 Å². The van der Waals surface area contributed by atoms with E-state index in [0.29, 0.717) is 54.0 Å². The fourth-order valence-electron chi connectivity index (χ4n) is 8.68. The highest BCUT2D eigenvalue weighted by molar-refractivity contribution is 7.86. The van der Waals surface area contributed by atoms with Gasteiger partial charge in [0.15, 0.2) is 11.6 Å². The van der Waals surface area contributed by atoms with E-state index in [1.807, 2.05) is 17.9 Å². The van der Waals surface area contributed by atoms with Crippen LogP contribution in [0.3, 0.4) is 0 Å². The van der Waals surface area contributed by atoms with Crippen molar-refractivity contribution < 1.29 is 80.4 Å². The van der Waals surface area contributed by atoms with Crippen molar-refractivity contribution in [1.29, 1.82) is 0 Å². The van der Waals surface area contributed by atoms with Gasteiger partial charge < -0.3 is 32.8 Å². The number of carbonyl (C=O) groups is 1. The van der Waals surface area contributed by atoms with Gasteiger partial charge in [-0.3, -0.25) is 9.69 Å². The van der Waals surface area contributed by atoms with Gasteiger partial charge in [-0.25, -0.2) is 34.0 Å². The maximum absolute atomic E-state index is 14.1. The number of rotatable bonds is 21. The zero-order valence-electron chi connectivity index (χ0n) is 35.3. The van der Waals surface area contributed by atoms with Crippen LogP contribution >= 0.6 is 0 Å². The maximum atomic E-state index is 14.1. The summed E-state index contributed by atoms with van der Waals surface area (Å²) in [5.41, 5.74) is 0.685. The van der Waals surface area contributed by atoms with Crippen molar-refractivity contribution in [2.45, 2.75) is 85.5 Å². The number of hydrogen-bond acceptors (Lipinski definition) is 14. The number of unbranched alkanes of at least 4 members (excludes halogenated alkanes) is 2. The van der Waals surface area contributed by atoms with Crippen LogP contribution in [0.15, 0.2) is 76.2 Å². The summed E-state index contributed by atoms with van der Waals surface area (Å²) in [6, 6.07) is 7.48. The first kappa shape index (κ1) is 50.7. The van der Waals surface area contributed by atoms with Crippen LogP contribution < -0.4 is 14.5 Å². The van der Waals surface area contributed by atoms with Crippen LogP contribution in [0.2, 0.25) is 0 Å². The average molecular weight is 961 g/mol. The largest absolute Gasteiger partial charge is 0.748 e. The SMILES string of the molecule is COCCN1/C(=C/C=C/C2[NH+](CCCCCC(=O)Oc3c(F)c(F)cc(F)c3F)c3ccc(S(=O)(=O)[O-])cc3C2(C)CCOC)C(C)(CCCS(=O)(=O)[O-])c2cc(S(=O)(=O)[O-])ccc21. The number of anilines is 1. The fraction of sp³-hybridized carbons (Fsp3) is 0.452. The Morgan fingerprint density at radius 3 is 2.00 bits per heavy atom. The number of nitrogens with zero attached hydrogens (tertiary/aromatic N) is 1. The van der Waals surface area contributed by atoms with Gasteiger partial charge in [-0.2, -0.15) is 8.78 Å². The molecule has 15 nitrogen and oxygen atoms in total. The standard InChI is InChI=1S/C42H50F4N2O13S3/c1-41(17-9-23-62(50,51)52)29-24-27(63(53,54)55)14-16-34(29)48(20-22-60-4)35(41)10-8-11-36-42(2,18-21-59-3)30-25-28(64(56,57)58)13-15-33(30)47(36)19-7-5-6-12-37(49)61-40-38(45)31(43)26-32(44)39(40)46/h8,10-11,13-16,24-26,36H,5-7,9,12,17-23H2,1-4H3,(H,50,51,52)(H,53,54,55)(H,56,57,58)/p-2/b11-8+,35-10+. The highest BCUT2D eigenvalue weighted by atomic mass is 32.2. The Kier molecular flexibility index (Phi) is 15.9. The van der Waals surface area contributed by atoms with E-state index >= 15 is 0 Å². The molecule has 2 aliphatic rings. The topological polar surface area (TPSA) is 224 Å². The van der Waals surface area contributed by atoms with E-state index in [1.165, 1.54) is 44.6 Å². The molecule has 4 unspecified atom stereocenters. The van der Waals surface area contributed by atoms with Crippen molar-refractivity contribution in [3.05, 3.63) is 101 Å². The van der Waals surface area contributed by atoms with Crippen molar-refractivity contribution in [1.82, 2.24) is 0 Å². The van der Waals surface area contributed by atoms with Gasteiger partial charge in [-0.15, -0.1) is 0 Å². The summed E-state index contributed by atoms with van der Waals surface area (Å²) in [7, 11) is -11.5. The zero-order chi connectivity index (χ0) is 47.4. The summed E-state index contributed by atoms with van der Waals surface area (Å²) < 4.78 is 179. The molecule has 2 aliphatic heterocycles. The number of nitrogens with one attached hydrogen (secondary N) is 1. The van der Waals surface area contributed by atoms with Crippen LogP contribution in [-0.4, -0.2) is 97.2 Å². The molecule has 0 fully saturated rings. The molecule has 3 aromatic carbocycles. The van der Waals surface area contributed by atoms with Gasteiger partial charge in [0.05, 0.1) is 38.5 Å². The van der Waals surface area contributed by atoms with E-state index in [9.17, 15) is 61.3 Å². The van der Waals surface area contributed by atoms with Crippen molar-refractivity contribution in [2.75, 3.05) is 51.2 Å². The Balaban J connectivity index is 1.52. The average Bonchev–Trinajstić information content (AvgIpc) is 3.58. The summed E-state index contributed by atoms with van der Waals surface area (Å²) in [6.45, 7) is 4.64. The minimum Gasteiger partial charge on any atom is -0.748 e. The van der Waals surface area contributed by atoms with Gasteiger partial charge in [0.25, 0.3) is 0 Å². The van der Waals surface area contributed by atoms with Crippen molar-refractivity contribution >= 4 is 47.7 Å². The predicted octanol–water partition coefficient (Wildman–Crippen LogP) is 4.60. The number of hydrogen-bond donors (Lipinski definition) is 1. The Hall–Kier alpha value is -4.26. The van der Waals surface area contributed by atoms with Gasteiger partial charge in [0.1, 0.15) is 32.0 Å². The van der Waals surface area contributed by atoms with Crippen molar-refractivity contribution in [2.24, 2.45) is 0 Å². The number of ether oxygens (including phenoxy) is 3. The first-order valence-corrected chi connectivity index (χ1v) is 24.5. The Bertz CT molecular complexity index is 2620. The zero-order valence-corrected chi connectivity index (χ0v) is 37.8. The number of fused-ring (bicyclic) bond motifs is 2. The smallest absolute Gasteiger partial charge is 0.311 e. The number of halogens is 4. The molecule has 64 heavy (non-hydrogen) atoms. The van der Waals surface area contributed by atoms with Gasteiger partial charge in [0, 0.05) is 74.0 Å². The number of methoxy groups -OCH3 is 2. The van der Waals surface area contributed by atoms with Gasteiger partial charge >= 0.3 is 5.97 Å². The Morgan fingerprint density at radius 2 is 1.41 bits per heavy atom. The van der Waals surface area contributed by atoms with Crippen LogP contribution in [0.5, 0.6) is 5.75 Å². The Morgan fingerprint density at radius 1 is 0.797 bits per heavy atom. The minimum atomic E-state index is -4.92. The van der Waals surface area contributed by atoms with Crippen LogP contribution in [-0.2, 0) is 55.5 Å². The Labute approximate surface area is 369 Å². The van der Waals surface area contributed by atoms with Crippen molar-refractivity contribution in [3.8, 4) is 5.75 Å². The number of allylic oxidation sites excluding steroid dienone is 3. The molecule has 0 spiro atoms. The van der Waals surface area contributed by atoms with E-state index in [4.69, 9.17) is 9.47 Å². The molecule has 1 N–H and O–H groups in total. The molecule has 5 rings (SSSR count). The fourth-order valence-corrected chi connectivity index (χ4v) is 10.2. The summed E-state index contributed by atoms with van der Waals surface area (Å²) >= 11 is 0. The maximum Gasteiger partial charge on any atom is 0.311 e. The normalized spacial score (nSPS) is 21.8. The summed E-state index contributed by atoms with van der Waals surface area (Å²) in [5.74, 6) is -10.5. The third kappa shape index (κ3) is 11.2. The molecule has 2 heterocycles. The molecule has 0 amide bonds. The second-order valence-electron chi connectivity index (χ2n) is 16.1. The molecule has 22 heteroatoms. The molecule has 352 valence electrons. The van der Waals surface area contributed by atoms with Crippen LogP contribution in [0.4, 0.5) is 28.9 Å². The molecule has 0 aromatic heterocycles. The lowest BCUT2D eigenvalue weighted by molar-refractivity contribution is -0.851. The minimum absolute atomic E-state index is 0.0129. The summed E-state index contributed by atoms with van der Waals surface area (Å²) in [5, 5.41) is 0. The van der Waals surface area contributed by atoms with E-state index in [0.717, 1.165) is 4.90 Å². The van der Waals surface area contributed by atoms with Gasteiger partial charge in [-0.1, -0.05) is 6.08 Å². The van der Waals surface area contributed by atoms with Crippen LogP contribution in [0.1, 0.15) is 69.9 Å². The first-order valence-electron chi connectivity index (χ1n) is 20.1. The van der Waals surface area contributed by atoms with Crippen molar-refractivity contribution in [3.63, 3.8) is 0 Å². The summed E-state index contributed by atoms with van der Waals surface area (Å²) in [6.07, 6.45) is 6.18. The molecule has 4 atom stereocenters. The monoisotopic (exact) mass is 960 g/mol. The van der Waals surface area contributed by atoms with Gasteiger partial charge in [0.2, 0.25) is 17.4 Å². The highest BCUT2D eigenvalue weighted by Crippen LogP contribution is 2.51. The number of esters is 1. The lowest BCUT2D eigenvalue weighted by Gasteiger charge is -2.32. The molecule has 0 aliphatic carbocycles. The lowest BCUT2D eigenvalue weighted by atomic mass is 9.75. The second kappa shape index (κ2) is 20.1. The molecule has 0 saturated heterocycles. The molecular weight excluding hydrogens is 913 g/mol. The third-order valence-electron chi connectivity index (χ3n) is 11.9. The first-order chi connectivity index (χ1) is 29.9. The molecule has 0 saturated carbocycles. The molecule has 0 bridgehead atoms. The third-order valence-corrected chi connectivity index (χ3v) is 14.3. The lowest BCUT2D eigenvalue weighted by Crippen LogP contribution is -3.10. The van der Waals surface area contributed by atoms with E-state index in [-0.39, 0.29) is 51.5 Å². The molecule has 3 aromatic rings. The predicted molar refractivity (Wildman–Crippen MR) is 220 cm³/mol. The molecule has 0 radical (unpaired) electrons. The number of carbonyl (C=O) groups excluding carboxylic acids is 1. The number of quaternary nitrogens is 1. The van der Waals surface area contributed by atoms with E-state index in [1.54, 1.807) is 25.1 Å². The summed E-state index contributed by atoms with van der Waals surface area (Å²) in [4.78, 5) is 14.2. The van der Waals surface area contributed by atoms with E-state index in [2.05, 4.69) is 4.74 Å².